The van der Waals surface area contributed by atoms with Gasteiger partial charge in [-0.1, -0.05) is 24.4 Å². The lowest BCUT2D eigenvalue weighted by atomic mass is 9.82. The van der Waals surface area contributed by atoms with Gasteiger partial charge in [-0.25, -0.2) is 13.1 Å². The van der Waals surface area contributed by atoms with Crippen molar-refractivity contribution in [2.75, 3.05) is 6.26 Å². The summed E-state index contributed by atoms with van der Waals surface area (Å²) < 4.78 is 24.9. The maximum Gasteiger partial charge on any atom is 0.209 e. The van der Waals surface area contributed by atoms with Crippen LogP contribution in [-0.2, 0) is 10.0 Å². The van der Waals surface area contributed by atoms with E-state index in [4.69, 9.17) is 10.9 Å². The van der Waals surface area contributed by atoms with Crippen LogP contribution >= 0.6 is 0 Å². The van der Waals surface area contributed by atoms with Crippen LogP contribution in [0.5, 0.6) is 0 Å². The Balaban J connectivity index is 2.95. The Morgan fingerprint density at radius 2 is 1.93 bits per heavy atom. The Hall–Kier alpha value is -0.820. The first-order chi connectivity index (χ1) is 6.90. The van der Waals surface area contributed by atoms with Gasteiger partial charge in [-0.05, 0) is 12.8 Å². The number of rotatable bonds is 3. The van der Waals surface area contributed by atoms with Crippen molar-refractivity contribution in [1.82, 2.24) is 4.72 Å². The topological polar surface area (TPSA) is 105 Å². The molecule has 0 heterocycles. The quantitative estimate of drug-likeness (QED) is 0.277. The summed E-state index contributed by atoms with van der Waals surface area (Å²) >= 11 is 0. The van der Waals surface area contributed by atoms with E-state index in [1.54, 1.807) is 0 Å². The van der Waals surface area contributed by atoms with Crippen LogP contribution in [0.15, 0.2) is 5.16 Å². The van der Waals surface area contributed by atoms with Crippen molar-refractivity contribution in [2.45, 2.75) is 37.6 Å². The number of nitrogens with two attached hydrogens (primary N) is 1. The average molecular weight is 235 g/mol. The first-order valence-corrected chi connectivity index (χ1v) is 6.76. The van der Waals surface area contributed by atoms with Crippen LogP contribution < -0.4 is 10.5 Å². The highest BCUT2D eigenvalue weighted by atomic mass is 32.2. The van der Waals surface area contributed by atoms with Gasteiger partial charge in [-0.15, -0.1) is 0 Å². The van der Waals surface area contributed by atoms with E-state index in [-0.39, 0.29) is 5.84 Å². The van der Waals surface area contributed by atoms with Gasteiger partial charge in [-0.3, -0.25) is 0 Å². The van der Waals surface area contributed by atoms with Gasteiger partial charge in [0.25, 0.3) is 0 Å². The highest BCUT2D eigenvalue weighted by Crippen LogP contribution is 2.28. The van der Waals surface area contributed by atoms with E-state index >= 15 is 0 Å². The lowest BCUT2D eigenvalue weighted by molar-refractivity contribution is 0.294. The predicted molar refractivity (Wildman–Crippen MR) is 57.2 cm³/mol. The average Bonchev–Trinajstić information content (AvgIpc) is 2.15. The third-order valence-corrected chi connectivity index (χ3v) is 3.45. The van der Waals surface area contributed by atoms with Crippen molar-refractivity contribution in [1.29, 1.82) is 0 Å². The predicted octanol–water partition coefficient (Wildman–Crippen LogP) is -0.0151. The van der Waals surface area contributed by atoms with Crippen LogP contribution in [0, 0.1) is 0 Å². The highest BCUT2D eigenvalue weighted by molar-refractivity contribution is 7.88. The second-order valence-corrected chi connectivity index (χ2v) is 5.75. The number of nitrogens with zero attached hydrogens (tertiary/aromatic N) is 1. The molecule has 0 aromatic carbocycles. The van der Waals surface area contributed by atoms with Gasteiger partial charge in [0.05, 0.1) is 11.8 Å². The molecule has 0 amide bonds. The second-order valence-electron chi connectivity index (χ2n) is 4.00. The first-order valence-electron chi connectivity index (χ1n) is 4.87. The maximum absolute atomic E-state index is 11.2. The van der Waals surface area contributed by atoms with Gasteiger partial charge in [0, 0.05) is 0 Å². The van der Waals surface area contributed by atoms with E-state index in [1.165, 1.54) is 0 Å². The molecule has 6 nitrogen and oxygen atoms in total. The van der Waals surface area contributed by atoms with Crippen molar-refractivity contribution >= 4 is 15.9 Å². The molecule has 1 rings (SSSR count). The number of oxime groups is 1. The van der Waals surface area contributed by atoms with Crippen LogP contribution in [0.4, 0.5) is 0 Å². The summed E-state index contributed by atoms with van der Waals surface area (Å²) in [7, 11) is -3.36. The molecule has 15 heavy (non-hydrogen) atoms. The molecule has 0 aromatic heterocycles. The highest BCUT2D eigenvalue weighted by Gasteiger charge is 2.38. The van der Waals surface area contributed by atoms with E-state index in [0.29, 0.717) is 12.8 Å². The number of sulfonamides is 1. The van der Waals surface area contributed by atoms with Gasteiger partial charge >= 0.3 is 0 Å². The van der Waals surface area contributed by atoms with Gasteiger partial charge in [0.2, 0.25) is 10.0 Å². The van der Waals surface area contributed by atoms with Gasteiger partial charge in [0.1, 0.15) is 0 Å². The largest absolute Gasteiger partial charge is 0.409 e. The summed E-state index contributed by atoms with van der Waals surface area (Å²) in [5, 5.41) is 11.6. The molecule has 7 heteroatoms. The summed E-state index contributed by atoms with van der Waals surface area (Å²) in [5.74, 6) is -0.0485. The molecule has 0 bridgehead atoms. The van der Waals surface area contributed by atoms with E-state index in [2.05, 4.69) is 9.88 Å². The molecule has 0 atom stereocenters. The molecular weight excluding hydrogens is 218 g/mol. The van der Waals surface area contributed by atoms with Gasteiger partial charge in [-0.2, -0.15) is 0 Å². The molecule has 1 aliphatic rings. The maximum atomic E-state index is 11.2. The lowest BCUT2D eigenvalue weighted by Crippen LogP contribution is -2.58. The molecule has 4 N–H and O–H groups in total. The van der Waals surface area contributed by atoms with Crippen molar-refractivity contribution in [3.05, 3.63) is 0 Å². The first kappa shape index (κ1) is 12.3. The zero-order valence-electron chi connectivity index (χ0n) is 8.73. The Kier molecular flexibility index (Phi) is 3.56. The SMILES string of the molecule is CS(=O)(=O)NC1(/C(N)=N/O)CCCCC1. The zero-order chi connectivity index (χ0) is 11.5. The van der Waals surface area contributed by atoms with E-state index in [0.717, 1.165) is 25.5 Å². The lowest BCUT2D eigenvalue weighted by Gasteiger charge is -2.35. The van der Waals surface area contributed by atoms with Crippen molar-refractivity contribution in [3.8, 4) is 0 Å². The summed E-state index contributed by atoms with van der Waals surface area (Å²) in [6.07, 6.45) is 5.03. The van der Waals surface area contributed by atoms with Crippen LogP contribution in [0.3, 0.4) is 0 Å². The van der Waals surface area contributed by atoms with Crippen LogP contribution in [0.2, 0.25) is 0 Å². The Morgan fingerprint density at radius 1 is 1.40 bits per heavy atom. The van der Waals surface area contributed by atoms with E-state index in [1.807, 2.05) is 0 Å². The minimum Gasteiger partial charge on any atom is -0.409 e. The second kappa shape index (κ2) is 4.36. The van der Waals surface area contributed by atoms with Crippen molar-refractivity contribution in [3.63, 3.8) is 0 Å². The minimum atomic E-state index is -3.36. The number of hydrogen-bond donors (Lipinski definition) is 3. The third kappa shape index (κ3) is 3.07. The molecule has 1 aliphatic carbocycles. The molecule has 0 aliphatic heterocycles. The molecule has 0 radical (unpaired) electrons. The minimum absolute atomic E-state index is 0.0485. The fraction of sp³-hybridized carbons (Fsp3) is 0.875. The fourth-order valence-corrected chi connectivity index (χ4v) is 3.03. The molecule has 88 valence electrons. The standard InChI is InChI=1S/C8H17N3O3S/c1-15(13,14)11-8(7(9)10-12)5-3-2-4-6-8/h11-12H,2-6H2,1H3,(H2,9,10). The third-order valence-electron chi connectivity index (χ3n) is 2.69. The molecule has 0 unspecified atom stereocenters. The number of hydrogen-bond acceptors (Lipinski definition) is 4. The number of nitrogens with one attached hydrogen (secondary N) is 1. The van der Waals surface area contributed by atoms with Gasteiger partial charge < -0.3 is 10.9 Å². The van der Waals surface area contributed by atoms with Crippen molar-refractivity contribution < 1.29 is 13.6 Å². The normalized spacial score (nSPS) is 22.6. The molecular formula is C8H17N3O3S. The Bertz CT molecular complexity index is 344. The van der Waals surface area contributed by atoms with Crippen LogP contribution in [0.1, 0.15) is 32.1 Å². The molecule has 1 fully saturated rings. The summed E-state index contributed by atoms with van der Waals surface area (Å²) in [4.78, 5) is 0. The zero-order valence-corrected chi connectivity index (χ0v) is 9.55. The number of amidine groups is 1. The summed E-state index contributed by atoms with van der Waals surface area (Å²) in [6.45, 7) is 0. The molecule has 0 spiro atoms. The van der Waals surface area contributed by atoms with E-state index in [9.17, 15) is 8.42 Å². The summed E-state index contributed by atoms with van der Waals surface area (Å²) in [5.41, 5.74) is 4.67. The summed E-state index contributed by atoms with van der Waals surface area (Å²) in [6, 6.07) is 0. The van der Waals surface area contributed by atoms with Crippen LogP contribution in [0.25, 0.3) is 0 Å². The van der Waals surface area contributed by atoms with Crippen LogP contribution in [-0.4, -0.2) is 31.3 Å². The van der Waals surface area contributed by atoms with E-state index < -0.39 is 15.6 Å². The molecule has 0 aromatic rings. The van der Waals surface area contributed by atoms with Crippen molar-refractivity contribution in [2.24, 2.45) is 10.9 Å². The Labute approximate surface area is 89.6 Å². The molecule has 1 saturated carbocycles. The smallest absolute Gasteiger partial charge is 0.209 e. The van der Waals surface area contributed by atoms with Gasteiger partial charge in [0.15, 0.2) is 5.84 Å². The fourth-order valence-electron chi connectivity index (χ4n) is 2.02. The monoisotopic (exact) mass is 235 g/mol. The Morgan fingerprint density at radius 3 is 2.33 bits per heavy atom. The molecule has 0 saturated heterocycles.